The van der Waals surface area contributed by atoms with Crippen molar-refractivity contribution < 1.29 is 19.8 Å². The Morgan fingerprint density at radius 2 is 1.95 bits per heavy atom. The summed E-state index contributed by atoms with van der Waals surface area (Å²) in [6.07, 6.45) is -1.44. The summed E-state index contributed by atoms with van der Waals surface area (Å²) in [6.45, 7) is 1.55. The Labute approximate surface area is 116 Å². The fourth-order valence-corrected chi connectivity index (χ4v) is 1.73. The van der Waals surface area contributed by atoms with Crippen LogP contribution in [0.25, 0.3) is 0 Å². The van der Waals surface area contributed by atoms with Crippen LogP contribution < -0.4 is 5.32 Å². The number of nitrogens with zero attached hydrogens (tertiary/aromatic N) is 1. The first-order valence-corrected chi connectivity index (χ1v) is 6.10. The van der Waals surface area contributed by atoms with E-state index < -0.39 is 29.9 Å². The van der Waals surface area contributed by atoms with Crippen molar-refractivity contribution >= 4 is 11.9 Å². The first-order valence-electron chi connectivity index (χ1n) is 6.10. The van der Waals surface area contributed by atoms with E-state index in [1.165, 1.54) is 0 Å². The van der Waals surface area contributed by atoms with Gasteiger partial charge >= 0.3 is 5.97 Å². The number of amides is 1. The van der Waals surface area contributed by atoms with Crippen LogP contribution in [-0.2, 0) is 9.59 Å². The molecule has 20 heavy (non-hydrogen) atoms. The Hall–Kier alpha value is -2.39. The highest BCUT2D eigenvalue weighted by molar-refractivity contribution is 5.87. The Kier molecular flexibility index (Phi) is 5.69. The second-order valence-electron chi connectivity index (χ2n) is 4.48. The predicted molar refractivity (Wildman–Crippen MR) is 70.4 cm³/mol. The van der Waals surface area contributed by atoms with Gasteiger partial charge in [0, 0.05) is 12.3 Å². The standard InChI is InChI=1S/C14H16N2O4/c1-9(7-8-15)11(14(19)20)16-13(18)12(17)10-5-3-2-4-6-10/h2-6,9,11-12,17H,7H2,1H3,(H,16,18)(H,19,20)/t9-,11+,12-/m0/s1. The molecule has 0 aliphatic rings. The summed E-state index contributed by atoms with van der Waals surface area (Å²) in [4.78, 5) is 23.0. The molecule has 0 saturated heterocycles. The lowest BCUT2D eigenvalue weighted by Crippen LogP contribution is -2.46. The Balaban J connectivity index is 2.77. The molecule has 0 radical (unpaired) electrons. The van der Waals surface area contributed by atoms with E-state index in [1.54, 1.807) is 37.3 Å². The van der Waals surface area contributed by atoms with E-state index in [-0.39, 0.29) is 6.42 Å². The van der Waals surface area contributed by atoms with Crippen molar-refractivity contribution in [3.8, 4) is 6.07 Å². The van der Waals surface area contributed by atoms with Gasteiger partial charge in [0.05, 0.1) is 6.07 Å². The van der Waals surface area contributed by atoms with Crippen LogP contribution in [0.3, 0.4) is 0 Å². The quantitative estimate of drug-likeness (QED) is 0.713. The molecule has 1 amide bonds. The molecule has 1 aromatic carbocycles. The number of nitriles is 1. The van der Waals surface area contributed by atoms with Crippen molar-refractivity contribution in [1.82, 2.24) is 5.32 Å². The zero-order valence-corrected chi connectivity index (χ0v) is 11.0. The van der Waals surface area contributed by atoms with Gasteiger partial charge in [-0.1, -0.05) is 37.3 Å². The molecule has 0 aromatic heterocycles. The normalized spacial score (nSPS) is 14.7. The fourth-order valence-electron chi connectivity index (χ4n) is 1.73. The number of hydrogen-bond donors (Lipinski definition) is 3. The summed E-state index contributed by atoms with van der Waals surface area (Å²) < 4.78 is 0. The molecular formula is C14H16N2O4. The average Bonchev–Trinajstić information content (AvgIpc) is 2.44. The molecule has 0 aliphatic heterocycles. The summed E-state index contributed by atoms with van der Waals surface area (Å²) in [7, 11) is 0. The topological polar surface area (TPSA) is 110 Å². The van der Waals surface area contributed by atoms with Crippen LogP contribution >= 0.6 is 0 Å². The third-order valence-electron chi connectivity index (χ3n) is 2.91. The van der Waals surface area contributed by atoms with Gasteiger partial charge in [-0.05, 0) is 5.56 Å². The molecule has 0 saturated carbocycles. The third-order valence-corrected chi connectivity index (χ3v) is 2.91. The molecule has 0 heterocycles. The molecule has 0 fully saturated rings. The van der Waals surface area contributed by atoms with E-state index >= 15 is 0 Å². The maximum absolute atomic E-state index is 11.9. The molecule has 1 aromatic rings. The highest BCUT2D eigenvalue weighted by Gasteiger charge is 2.29. The van der Waals surface area contributed by atoms with Crippen molar-refractivity contribution in [3.63, 3.8) is 0 Å². The van der Waals surface area contributed by atoms with Gasteiger partial charge < -0.3 is 15.5 Å². The van der Waals surface area contributed by atoms with Crippen molar-refractivity contribution in [2.75, 3.05) is 0 Å². The minimum atomic E-state index is -1.44. The summed E-state index contributed by atoms with van der Waals surface area (Å²) >= 11 is 0. The predicted octanol–water partition coefficient (Wildman–Crippen LogP) is 0.839. The summed E-state index contributed by atoms with van der Waals surface area (Å²) in [5.74, 6) is -2.58. The Morgan fingerprint density at radius 1 is 1.35 bits per heavy atom. The second kappa shape index (κ2) is 7.26. The molecule has 0 spiro atoms. The number of carboxylic acids is 1. The second-order valence-corrected chi connectivity index (χ2v) is 4.48. The minimum absolute atomic E-state index is 0.00131. The molecule has 0 aliphatic carbocycles. The van der Waals surface area contributed by atoms with Crippen LogP contribution in [0.5, 0.6) is 0 Å². The van der Waals surface area contributed by atoms with Crippen LogP contribution in [0.15, 0.2) is 30.3 Å². The molecule has 1 rings (SSSR count). The number of benzene rings is 1. The lowest BCUT2D eigenvalue weighted by atomic mass is 9.98. The van der Waals surface area contributed by atoms with Crippen LogP contribution in [-0.4, -0.2) is 28.1 Å². The van der Waals surface area contributed by atoms with Crippen molar-refractivity contribution in [3.05, 3.63) is 35.9 Å². The van der Waals surface area contributed by atoms with Crippen LogP contribution in [0.1, 0.15) is 25.0 Å². The van der Waals surface area contributed by atoms with Gasteiger partial charge in [0.25, 0.3) is 5.91 Å². The number of carbonyl (C=O) groups is 2. The van der Waals surface area contributed by atoms with E-state index in [4.69, 9.17) is 10.4 Å². The third kappa shape index (κ3) is 4.07. The van der Waals surface area contributed by atoms with E-state index in [0.29, 0.717) is 5.56 Å². The number of hydrogen-bond acceptors (Lipinski definition) is 4. The highest BCUT2D eigenvalue weighted by Crippen LogP contribution is 2.14. The number of carbonyl (C=O) groups excluding carboxylic acids is 1. The molecule has 6 heteroatoms. The molecule has 106 valence electrons. The highest BCUT2D eigenvalue weighted by atomic mass is 16.4. The van der Waals surface area contributed by atoms with Gasteiger partial charge in [0.1, 0.15) is 6.04 Å². The molecule has 0 bridgehead atoms. The number of aliphatic carboxylic acids is 1. The van der Waals surface area contributed by atoms with Crippen LogP contribution in [0, 0.1) is 17.2 Å². The van der Waals surface area contributed by atoms with E-state index in [0.717, 1.165) is 0 Å². The smallest absolute Gasteiger partial charge is 0.326 e. The van der Waals surface area contributed by atoms with Crippen LogP contribution in [0.4, 0.5) is 0 Å². The first kappa shape index (κ1) is 15.7. The number of aliphatic hydroxyl groups is 1. The zero-order valence-electron chi connectivity index (χ0n) is 11.0. The molecule has 0 unspecified atom stereocenters. The lowest BCUT2D eigenvalue weighted by Gasteiger charge is -2.21. The molecular weight excluding hydrogens is 260 g/mol. The van der Waals surface area contributed by atoms with Gasteiger partial charge in [-0.2, -0.15) is 5.26 Å². The lowest BCUT2D eigenvalue weighted by molar-refractivity contribution is -0.144. The number of rotatable bonds is 6. The number of carboxylic acid groups (broad SMARTS) is 1. The van der Waals surface area contributed by atoms with Crippen molar-refractivity contribution in [1.29, 1.82) is 5.26 Å². The first-order chi connectivity index (χ1) is 9.47. The van der Waals surface area contributed by atoms with Crippen molar-refractivity contribution in [2.24, 2.45) is 5.92 Å². The maximum atomic E-state index is 11.9. The monoisotopic (exact) mass is 276 g/mol. The maximum Gasteiger partial charge on any atom is 0.326 e. The Morgan fingerprint density at radius 3 is 2.45 bits per heavy atom. The molecule has 3 N–H and O–H groups in total. The minimum Gasteiger partial charge on any atom is -0.480 e. The van der Waals surface area contributed by atoms with Gasteiger partial charge in [0.15, 0.2) is 6.10 Å². The van der Waals surface area contributed by atoms with E-state index in [1.807, 2.05) is 6.07 Å². The fraction of sp³-hybridized carbons (Fsp3) is 0.357. The Bertz CT molecular complexity index is 510. The molecule has 6 nitrogen and oxygen atoms in total. The molecule has 3 atom stereocenters. The number of aliphatic hydroxyl groups excluding tert-OH is 1. The largest absolute Gasteiger partial charge is 0.480 e. The van der Waals surface area contributed by atoms with E-state index in [2.05, 4.69) is 5.32 Å². The van der Waals surface area contributed by atoms with Crippen molar-refractivity contribution in [2.45, 2.75) is 25.5 Å². The average molecular weight is 276 g/mol. The van der Waals surface area contributed by atoms with E-state index in [9.17, 15) is 14.7 Å². The van der Waals surface area contributed by atoms with Gasteiger partial charge in [-0.15, -0.1) is 0 Å². The van der Waals surface area contributed by atoms with Gasteiger partial charge in [0.2, 0.25) is 0 Å². The van der Waals surface area contributed by atoms with Crippen LogP contribution in [0.2, 0.25) is 0 Å². The summed E-state index contributed by atoms with van der Waals surface area (Å²) in [5.41, 5.74) is 0.377. The number of nitrogens with one attached hydrogen (secondary N) is 1. The summed E-state index contributed by atoms with van der Waals surface area (Å²) in [5, 5.41) is 29.8. The summed E-state index contributed by atoms with van der Waals surface area (Å²) in [6, 6.07) is 8.86. The SMILES string of the molecule is C[C@@H](CC#N)[C@@H](NC(=O)[C@@H](O)c1ccccc1)C(=O)O. The zero-order chi connectivity index (χ0) is 15.1. The van der Waals surface area contributed by atoms with Gasteiger partial charge in [-0.25, -0.2) is 4.79 Å². The van der Waals surface area contributed by atoms with Gasteiger partial charge in [-0.3, -0.25) is 4.79 Å².